The van der Waals surface area contributed by atoms with Crippen LogP contribution in [0.2, 0.25) is 0 Å². The molecular formula is C15H22N2O. The first kappa shape index (κ1) is 14.5. The van der Waals surface area contributed by atoms with Crippen molar-refractivity contribution < 1.29 is 4.74 Å². The maximum Gasteiger partial charge on any atom is 0.118 e. The van der Waals surface area contributed by atoms with E-state index in [2.05, 4.69) is 25.2 Å². The van der Waals surface area contributed by atoms with Crippen molar-refractivity contribution in [3.05, 3.63) is 29.8 Å². The molecule has 0 radical (unpaired) electrons. The van der Waals surface area contributed by atoms with Gasteiger partial charge in [0.1, 0.15) is 11.3 Å². The molecule has 1 aromatic rings. The predicted molar refractivity (Wildman–Crippen MR) is 73.6 cm³/mol. The third-order valence-electron chi connectivity index (χ3n) is 2.86. The number of nitriles is 1. The number of hydrogen-bond donors (Lipinski definition) is 1. The Morgan fingerprint density at radius 1 is 1.33 bits per heavy atom. The number of methoxy groups -OCH3 is 1. The summed E-state index contributed by atoms with van der Waals surface area (Å²) >= 11 is 0. The summed E-state index contributed by atoms with van der Waals surface area (Å²) < 4.78 is 5.12. The first-order chi connectivity index (χ1) is 8.49. The Morgan fingerprint density at radius 2 is 1.94 bits per heavy atom. The molecule has 0 saturated heterocycles. The smallest absolute Gasteiger partial charge is 0.118 e. The SMILES string of the molecule is COc1ccc(CC(C)(C#N)NCC(C)C)cc1. The van der Waals surface area contributed by atoms with E-state index >= 15 is 0 Å². The van der Waals surface area contributed by atoms with Crippen molar-refractivity contribution in [1.29, 1.82) is 5.26 Å². The van der Waals surface area contributed by atoms with E-state index < -0.39 is 5.54 Å². The summed E-state index contributed by atoms with van der Waals surface area (Å²) in [6, 6.07) is 10.2. The standard InChI is InChI=1S/C15H22N2O/c1-12(2)10-17-15(3,11-16)9-13-5-7-14(18-4)8-6-13/h5-8,12,17H,9-10H2,1-4H3. The van der Waals surface area contributed by atoms with E-state index in [0.29, 0.717) is 12.3 Å². The summed E-state index contributed by atoms with van der Waals surface area (Å²) in [7, 11) is 1.65. The normalized spacial score (nSPS) is 14.0. The fourth-order valence-corrected chi connectivity index (χ4v) is 1.72. The topological polar surface area (TPSA) is 45.0 Å². The molecule has 1 atom stereocenters. The van der Waals surface area contributed by atoms with Crippen LogP contribution in [0.1, 0.15) is 26.3 Å². The molecule has 0 spiro atoms. The second kappa shape index (κ2) is 6.42. The van der Waals surface area contributed by atoms with Gasteiger partial charge in [-0.3, -0.25) is 5.32 Å². The molecule has 0 aliphatic carbocycles. The largest absolute Gasteiger partial charge is 0.497 e. The van der Waals surface area contributed by atoms with Crippen LogP contribution >= 0.6 is 0 Å². The van der Waals surface area contributed by atoms with E-state index in [-0.39, 0.29) is 0 Å². The molecule has 0 saturated carbocycles. The van der Waals surface area contributed by atoms with Crippen molar-refractivity contribution >= 4 is 0 Å². The van der Waals surface area contributed by atoms with Gasteiger partial charge in [-0.2, -0.15) is 5.26 Å². The fraction of sp³-hybridized carbons (Fsp3) is 0.533. The minimum absolute atomic E-state index is 0.515. The van der Waals surface area contributed by atoms with Gasteiger partial charge in [-0.1, -0.05) is 26.0 Å². The van der Waals surface area contributed by atoms with Gasteiger partial charge in [0, 0.05) is 6.42 Å². The molecule has 18 heavy (non-hydrogen) atoms. The van der Waals surface area contributed by atoms with Crippen LogP contribution in [0.3, 0.4) is 0 Å². The molecule has 0 bridgehead atoms. The van der Waals surface area contributed by atoms with Crippen molar-refractivity contribution in [2.75, 3.05) is 13.7 Å². The highest BCUT2D eigenvalue weighted by molar-refractivity contribution is 5.29. The zero-order valence-corrected chi connectivity index (χ0v) is 11.7. The zero-order valence-electron chi connectivity index (χ0n) is 11.7. The highest BCUT2D eigenvalue weighted by atomic mass is 16.5. The van der Waals surface area contributed by atoms with E-state index in [0.717, 1.165) is 17.9 Å². The lowest BCUT2D eigenvalue weighted by molar-refractivity contribution is 0.406. The van der Waals surface area contributed by atoms with Crippen molar-refractivity contribution in [3.8, 4) is 11.8 Å². The highest BCUT2D eigenvalue weighted by Crippen LogP contribution is 2.17. The van der Waals surface area contributed by atoms with Crippen molar-refractivity contribution in [2.45, 2.75) is 32.7 Å². The van der Waals surface area contributed by atoms with Gasteiger partial charge < -0.3 is 4.74 Å². The summed E-state index contributed by atoms with van der Waals surface area (Å²) in [6.07, 6.45) is 0.695. The molecule has 3 heteroatoms. The Kier molecular flexibility index (Phi) is 5.18. The first-order valence-electron chi connectivity index (χ1n) is 6.28. The van der Waals surface area contributed by atoms with Crippen LogP contribution in [-0.2, 0) is 6.42 Å². The van der Waals surface area contributed by atoms with Crippen LogP contribution in [0.4, 0.5) is 0 Å². The highest BCUT2D eigenvalue weighted by Gasteiger charge is 2.23. The molecule has 1 rings (SSSR count). The first-order valence-corrected chi connectivity index (χ1v) is 6.28. The van der Waals surface area contributed by atoms with Crippen LogP contribution in [0.5, 0.6) is 5.75 Å². The molecule has 0 aromatic heterocycles. The number of hydrogen-bond acceptors (Lipinski definition) is 3. The molecule has 0 aliphatic rings. The summed E-state index contributed by atoms with van der Waals surface area (Å²) in [5, 5.41) is 12.7. The molecule has 0 fully saturated rings. The second-order valence-electron chi connectivity index (χ2n) is 5.24. The van der Waals surface area contributed by atoms with E-state index in [9.17, 15) is 5.26 Å². The van der Waals surface area contributed by atoms with Crippen molar-refractivity contribution in [2.24, 2.45) is 5.92 Å². The average Bonchev–Trinajstić information content (AvgIpc) is 2.37. The van der Waals surface area contributed by atoms with Gasteiger partial charge in [0.25, 0.3) is 0 Å². The molecule has 0 amide bonds. The third-order valence-corrected chi connectivity index (χ3v) is 2.86. The Labute approximate surface area is 110 Å². The Balaban J connectivity index is 2.69. The molecule has 1 unspecified atom stereocenters. The van der Waals surface area contributed by atoms with Gasteiger partial charge in [-0.25, -0.2) is 0 Å². The predicted octanol–water partition coefficient (Wildman–Crippen LogP) is 2.77. The van der Waals surface area contributed by atoms with Gasteiger partial charge in [-0.05, 0) is 37.1 Å². The molecular weight excluding hydrogens is 224 g/mol. The van der Waals surface area contributed by atoms with Gasteiger partial charge in [0.05, 0.1) is 13.2 Å². The van der Waals surface area contributed by atoms with Crippen LogP contribution in [0.15, 0.2) is 24.3 Å². The monoisotopic (exact) mass is 246 g/mol. The van der Waals surface area contributed by atoms with Gasteiger partial charge in [0.2, 0.25) is 0 Å². The second-order valence-corrected chi connectivity index (χ2v) is 5.24. The Bertz CT molecular complexity index is 405. The molecule has 1 N–H and O–H groups in total. The summed E-state index contributed by atoms with van der Waals surface area (Å²) in [6.45, 7) is 7.07. The van der Waals surface area contributed by atoms with Crippen LogP contribution in [0, 0.1) is 17.2 Å². The van der Waals surface area contributed by atoms with Gasteiger partial charge in [0.15, 0.2) is 0 Å². The maximum absolute atomic E-state index is 9.32. The Hall–Kier alpha value is -1.53. The van der Waals surface area contributed by atoms with E-state index in [4.69, 9.17) is 4.74 Å². The number of nitrogens with zero attached hydrogens (tertiary/aromatic N) is 1. The van der Waals surface area contributed by atoms with Gasteiger partial charge >= 0.3 is 0 Å². The average molecular weight is 246 g/mol. The lowest BCUT2D eigenvalue weighted by Crippen LogP contribution is -2.44. The van der Waals surface area contributed by atoms with E-state index in [1.54, 1.807) is 7.11 Å². The van der Waals surface area contributed by atoms with Gasteiger partial charge in [-0.15, -0.1) is 0 Å². The summed E-state index contributed by atoms with van der Waals surface area (Å²) in [5.74, 6) is 1.38. The fourth-order valence-electron chi connectivity index (χ4n) is 1.72. The van der Waals surface area contributed by atoms with E-state index in [1.807, 2.05) is 31.2 Å². The van der Waals surface area contributed by atoms with Crippen molar-refractivity contribution in [1.82, 2.24) is 5.32 Å². The number of benzene rings is 1. The lowest BCUT2D eigenvalue weighted by Gasteiger charge is -2.24. The molecule has 0 heterocycles. The molecule has 3 nitrogen and oxygen atoms in total. The lowest BCUT2D eigenvalue weighted by atomic mass is 9.93. The number of nitrogens with one attached hydrogen (secondary N) is 1. The maximum atomic E-state index is 9.32. The van der Waals surface area contributed by atoms with Crippen LogP contribution in [-0.4, -0.2) is 19.2 Å². The van der Waals surface area contributed by atoms with Crippen LogP contribution < -0.4 is 10.1 Å². The zero-order chi connectivity index (χ0) is 13.6. The third kappa shape index (κ3) is 4.38. The van der Waals surface area contributed by atoms with Crippen molar-refractivity contribution in [3.63, 3.8) is 0 Å². The molecule has 1 aromatic carbocycles. The Morgan fingerprint density at radius 3 is 2.39 bits per heavy atom. The van der Waals surface area contributed by atoms with E-state index in [1.165, 1.54) is 0 Å². The van der Waals surface area contributed by atoms with Crippen LogP contribution in [0.25, 0.3) is 0 Å². The minimum atomic E-state index is -0.515. The summed E-state index contributed by atoms with van der Waals surface area (Å²) in [5.41, 5.74) is 0.620. The summed E-state index contributed by atoms with van der Waals surface area (Å²) in [4.78, 5) is 0. The number of ether oxygens (including phenoxy) is 1. The quantitative estimate of drug-likeness (QED) is 0.839. The molecule has 98 valence electrons. The number of rotatable bonds is 6. The molecule has 0 aliphatic heterocycles. The minimum Gasteiger partial charge on any atom is -0.497 e.